The molecule has 0 saturated carbocycles. The minimum absolute atomic E-state index is 0.0978. The Morgan fingerprint density at radius 2 is 2.12 bits per heavy atom. The molecule has 2 aromatic heterocycles. The lowest BCUT2D eigenvalue weighted by atomic mass is 10.3. The fraction of sp³-hybridized carbons (Fsp3) is 0.412. The number of ether oxygens (including phenoxy) is 1. The second-order valence-corrected chi connectivity index (χ2v) is 6.18. The molecule has 1 saturated heterocycles. The highest BCUT2D eigenvalue weighted by molar-refractivity contribution is 5.92. The van der Waals surface area contributed by atoms with Gasteiger partial charge >= 0.3 is 0 Å². The van der Waals surface area contributed by atoms with Gasteiger partial charge < -0.3 is 14.5 Å². The Kier molecular flexibility index (Phi) is 4.69. The Bertz CT molecular complexity index is 833. The lowest BCUT2D eigenvalue weighted by Gasteiger charge is -2.20. The average Bonchev–Trinajstić information content (AvgIpc) is 3.05. The van der Waals surface area contributed by atoms with Crippen LogP contribution in [0.15, 0.2) is 35.3 Å². The molecular weight excluding hydrogens is 322 g/mol. The normalized spacial score (nSPS) is 16.8. The largest absolute Gasteiger partial charge is 0.485 e. The minimum atomic E-state index is -0.244. The summed E-state index contributed by atoms with van der Waals surface area (Å²) in [6.45, 7) is 1.07. The predicted octanol–water partition coefficient (Wildman–Crippen LogP) is 0.535. The van der Waals surface area contributed by atoms with Crippen LogP contribution in [0.5, 0.6) is 5.75 Å². The summed E-state index contributed by atoms with van der Waals surface area (Å²) in [7, 11) is 5.34. The van der Waals surface area contributed by atoms with Gasteiger partial charge in [-0.3, -0.25) is 9.59 Å². The van der Waals surface area contributed by atoms with E-state index in [0.717, 1.165) is 16.9 Å². The highest BCUT2D eigenvalue weighted by atomic mass is 16.5. The number of hydrogen-bond acceptors (Lipinski definition) is 6. The van der Waals surface area contributed by atoms with Gasteiger partial charge in [-0.15, -0.1) is 0 Å². The summed E-state index contributed by atoms with van der Waals surface area (Å²) >= 11 is 0. The first-order valence-corrected chi connectivity index (χ1v) is 8.08. The van der Waals surface area contributed by atoms with Crippen LogP contribution in [-0.4, -0.2) is 58.9 Å². The first-order valence-electron chi connectivity index (χ1n) is 8.08. The van der Waals surface area contributed by atoms with Crippen LogP contribution in [0.2, 0.25) is 0 Å². The Morgan fingerprint density at radius 1 is 1.32 bits per heavy atom. The number of aromatic nitrogens is 3. The molecule has 8 nitrogen and oxygen atoms in total. The second-order valence-electron chi connectivity index (χ2n) is 6.18. The molecule has 0 unspecified atom stereocenters. The van der Waals surface area contributed by atoms with E-state index in [1.165, 1.54) is 19.2 Å². The molecule has 0 spiro atoms. The quantitative estimate of drug-likeness (QED) is 0.806. The molecule has 1 fully saturated rings. The molecule has 0 N–H and O–H groups in total. The number of hydrogen-bond donors (Lipinski definition) is 0. The molecule has 8 heteroatoms. The molecule has 1 aliphatic heterocycles. The average molecular weight is 343 g/mol. The van der Waals surface area contributed by atoms with Crippen molar-refractivity contribution in [2.45, 2.75) is 12.5 Å². The number of aryl methyl sites for hydroxylation is 1. The van der Waals surface area contributed by atoms with Crippen molar-refractivity contribution in [1.82, 2.24) is 19.7 Å². The Morgan fingerprint density at radius 3 is 2.84 bits per heavy atom. The highest BCUT2D eigenvalue weighted by Gasteiger charge is 2.29. The molecule has 0 aromatic carbocycles. The fourth-order valence-corrected chi connectivity index (χ4v) is 2.78. The van der Waals surface area contributed by atoms with Crippen LogP contribution < -0.4 is 15.2 Å². The fourth-order valence-electron chi connectivity index (χ4n) is 2.78. The molecule has 1 atom stereocenters. The van der Waals surface area contributed by atoms with E-state index in [4.69, 9.17) is 4.74 Å². The predicted molar refractivity (Wildman–Crippen MR) is 93.0 cm³/mol. The Labute approximate surface area is 145 Å². The van der Waals surface area contributed by atoms with Gasteiger partial charge in [0.25, 0.3) is 11.5 Å². The van der Waals surface area contributed by atoms with Gasteiger partial charge in [0.1, 0.15) is 11.8 Å². The van der Waals surface area contributed by atoms with Gasteiger partial charge in [0, 0.05) is 46.4 Å². The third kappa shape index (κ3) is 3.62. The second kappa shape index (κ2) is 6.92. The van der Waals surface area contributed by atoms with Gasteiger partial charge in [-0.2, -0.15) is 5.10 Å². The van der Waals surface area contributed by atoms with Crippen LogP contribution >= 0.6 is 0 Å². The summed E-state index contributed by atoms with van der Waals surface area (Å²) in [6.07, 6.45) is 2.36. The Balaban J connectivity index is 1.68. The lowest BCUT2D eigenvalue weighted by molar-refractivity contribution is 0.0764. The van der Waals surface area contributed by atoms with Crippen LogP contribution in [0.4, 0.5) is 5.82 Å². The number of anilines is 1. The monoisotopic (exact) mass is 343 g/mol. The van der Waals surface area contributed by atoms with E-state index < -0.39 is 0 Å². The summed E-state index contributed by atoms with van der Waals surface area (Å²) < 4.78 is 7.22. The van der Waals surface area contributed by atoms with Gasteiger partial charge in [0.15, 0.2) is 11.6 Å². The molecule has 0 bridgehead atoms. The number of amides is 1. The first kappa shape index (κ1) is 16.9. The number of likely N-dealkylation sites (tertiary alicyclic amines) is 1. The van der Waals surface area contributed by atoms with Crippen LogP contribution in [0.25, 0.3) is 0 Å². The van der Waals surface area contributed by atoms with Gasteiger partial charge in [0.2, 0.25) is 0 Å². The van der Waals surface area contributed by atoms with Crippen LogP contribution in [-0.2, 0) is 7.05 Å². The Hall–Kier alpha value is -2.90. The molecule has 1 amide bonds. The minimum Gasteiger partial charge on any atom is -0.485 e. The maximum atomic E-state index is 12.6. The summed E-state index contributed by atoms with van der Waals surface area (Å²) in [4.78, 5) is 31.9. The SMILES string of the molecule is CN(C)c1ncccc1O[C@H]1CCN(C(=O)c2ccc(=O)n(C)n2)C1. The molecule has 1 aliphatic rings. The number of nitrogens with zero attached hydrogens (tertiary/aromatic N) is 5. The van der Waals surface area contributed by atoms with E-state index in [0.29, 0.717) is 18.8 Å². The molecule has 25 heavy (non-hydrogen) atoms. The molecular formula is C17H21N5O3. The van der Waals surface area contributed by atoms with Crippen molar-refractivity contribution in [3.05, 3.63) is 46.5 Å². The maximum Gasteiger partial charge on any atom is 0.274 e. The maximum absolute atomic E-state index is 12.6. The number of carbonyl (C=O) groups is 1. The molecule has 3 heterocycles. The van der Waals surface area contributed by atoms with E-state index in [1.807, 2.05) is 31.1 Å². The van der Waals surface area contributed by atoms with E-state index in [9.17, 15) is 9.59 Å². The third-order valence-corrected chi connectivity index (χ3v) is 4.08. The van der Waals surface area contributed by atoms with Crippen molar-refractivity contribution in [3.63, 3.8) is 0 Å². The van der Waals surface area contributed by atoms with Crippen molar-refractivity contribution in [3.8, 4) is 5.75 Å². The van der Waals surface area contributed by atoms with E-state index in [-0.39, 0.29) is 23.3 Å². The third-order valence-electron chi connectivity index (χ3n) is 4.08. The summed E-state index contributed by atoms with van der Waals surface area (Å²) in [5.74, 6) is 1.26. The number of pyridine rings is 1. The van der Waals surface area contributed by atoms with Crippen LogP contribution in [0.1, 0.15) is 16.9 Å². The van der Waals surface area contributed by atoms with E-state index in [1.54, 1.807) is 11.1 Å². The zero-order chi connectivity index (χ0) is 18.0. The lowest BCUT2D eigenvalue weighted by Crippen LogP contribution is -2.33. The van der Waals surface area contributed by atoms with Crippen molar-refractivity contribution in [2.75, 3.05) is 32.1 Å². The topological polar surface area (TPSA) is 80.6 Å². The number of carbonyl (C=O) groups excluding carboxylic acids is 1. The summed E-state index contributed by atoms with van der Waals surface area (Å²) in [6, 6.07) is 6.52. The zero-order valence-electron chi connectivity index (χ0n) is 14.5. The van der Waals surface area contributed by atoms with Crippen molar-refractivity contribution < 1.29 is 9.53 Å². The smallest absolute Gasteiger partial charge is 0.274 e. The zero-order valence-corrected chi connectivity index (χ0v) is 14.5. The molecule has 132 valence electrons. The van der Waals surface area contributed by atoms with Crippen LogP contribution in [0, 0.1) is 0 Å². The first-order chi connectivity index (χ1) is 12.0. The van der Waals surface area contributed by atoms with Crippen LogP contribution in [0.3, 0.4) is 0 Å². The van der Waals surface area contributed by atoms with Gasteiger partial charge in [-0.05, 0) is 18.2 Å². The van der Waals surface area contributed by atoms with Crippen molar-refractivity contribution in [2.24, 2.45) is 7.05 Å². The summed E-state index contributed by atoms with van der Waals surface area (Å²) in [5.41, 5.74) is 0.0186. The summed E-state index contributed by atoms with van der Waals surface area (Å²) in [5, 5.41) is 4.02. The van der Waals surface area contributed by atoms with Gasteiger partial charge in [0.05, 0.1) is 6.54 Å². The standard InChI is InChI=1S/C17H21N5O3/c1-20(2)16-14(5-4-9-18-16)25-12-8-10-22(11-12)17(24)13-6-7-15(23)21(3)19-13/h4-7,9,12H,8,10-11H2,1-3H3/t12-/m0/s1. The van der Waals surface area contributed by atoms with E-state index >= 15 is 0 Å². The van der Waals surface area contributed by atoms with Crippen molar-refractivity contribution >= 4 is 11.7 Å². The van der Waals surface area contributed by atoms with E-state index in [2.05, 4.69) is 10.1 Å². The molecule has 3 rings (SSSR count). The van der Waals surface area contributed by atoms with Gasteiger partial charge in [-0.1, -0.05) is 0 Å². The molecule has 0 radical (unpaired) electrons. The molecule has 0 aliphatic carbocycles. The van der Waals surface area contributed by atoms with Gasteiger partial charge in [-0.25, -0.2) is 9.67 Å². The van der Waals surface area contributed by atoms with Crippen molar-refractivity contribution in [1.29, 1.82) is 0 Å². The molecule has 2 aromatic rings. The number of rotatable bonds is 4. The highest BCUT2D eigenvalue weighted by Crippen LogP contribution is 2.26.